The van der Waals surface area contributed by atoms with E-state index in [4.69, 9.17) is 5.41 Å². The summed E-state index contributed by atoms with van der Waals surface area (Å²) in [7, 11) is 0. The van der Waals surface area contributed by atoms with Crippen LogP contribution in [0.1, 0.15) is 32.1 Å². The second kappa shape index (κ2) is 3.98. The van der Waals surface area contributed by atoms with Crippen LogP contribution in [0.15, 0.2) is 0 Å². The largest absolute Gasteiger partial charge is 0.359 e. The summed E-state index contributed by atoms with van der Waals surface area (Å²) in [6, 6.07) is 0.279. The molecule has 0 aromatic rings. The molecule has 4 heteroatoms. The lowest BCUT2D eigenvalue weighted by Crippen LogP contribution is -2.43. The third kappa shape index (κ3) is 2.05. The van der Waals surface area contributed by atoms with Gasteiger partial charge in [-0.1, -0.05) is 0 Å². The quantitative estimate of drug-likeness (QED) is 0.682. The maximum absolute atomic E-state index is 11.0. The Morgan fingerprint density at radius 3 is 2.93 bits per heavy atom. The lowest BCUT2D eigenvalue weighted by Gasteiger charge is -2.31. The minimum Gasteiger partial charge on any atom is -0.359 e. The second-order valence-corrected chi connectivity index (χ2v) is 4.15. The summed E-state index contributed by atoms with van der Waals surface area (Å²) in [5, 5.41) is 10.7. The second-order valence-electron chi connectivity index (χ2n) is 4.15. The molecule has 1 amide bonds. The first-order valence-electron chi connectivity index (χ1n) is 5.37. The van der Waals surface area contributed by atoms with Crippen molar-refractivity contribution < 1.29 is 4.79 Å². The molecule has 0 aromatic carbocycles. The number of rotatable bonds is 2. The highest BCUT2D eigenvalue weighted by atomic mass is 16.1. The molecular formula is C10H17N3O. The number of nitrogens with zero attached hydrogens (tertiary/aromatic N) is 1. The van der Waals surface area contributed by atoms with Crippen molar-refractivity contribution in [2.75, 3.05) is 13.1 Å². The van der Waals surface area contributed by atoms with Gasteiger partial charge in [-0.05, 0) is 19.3 Å². The lowest BCUT2D eigenvalue weighted by atomic mass is 10.1. The van der Waals surface area contributed by atoms with Gasteiger partial charge in [-0.3, -0.25) is 10.2 Å². The van der Waals surface area contributed by atoms with Gasteiger partial charge in [-0.2, -0.15) is 0 Å². The maximum atomic E-state index is 11.0. The van der Waals surface area contributed by atoms with Gasteiger partial charge in [0, 0.05) is 32.0 Å². The van der Waals surface area contributed by atoms with E-state index >= 15 is 0 Å². The zero-order chi connectivity index (χ0) is 9.97. The highest BCUT2D eigenvalue weighted by Crippen LogP contribution is 2.14. The van der Waals surface area contributed by atoms with E-state index in [2.05, 4.69) is 10.2 Å². The van der Waals surface area contributed by atoms with Crippen LogP contribution in [0.4, 0.5) is 0 Å². The third-order valence-electron chi connectivity index (χ3n) is 3.00. The molecule has 2 fully saturated rings. The molecule has 14 heavy (non-hydrogen) atoms. The van der Waals surface area contributed by atoms with Crippen LogP contribution in [0.3, 0.4) is 0 Å². The van der Waals surface area contributed by atoms with Crippen molar-refractivity contribution >= 4 is 11.7 Å². The molecule has 1 atom stereocenters. The van der Waals surface area contributed by atoms with E-state index in [0.29, 0.717) is 6.42 Å². The number of hydrogen-bond acceptors (Lipinski definition) is 2. The molecule has 2 rings (SSSR count). The van der Waals surface area contributed by atoms with Gasteiger partial charge < -0.3 is 10.2 Å². The summed E-state index contributed by atoms with van der Waals surface area (Å²) in [6.07, 6.45) is 4.82. The SMILES string of the molecule is N=C1CCCCN1CC1CCC(=O)N1. The van der Waals surface area contributed by atoms with Gasteiger partial charge in [0.1, 0.15) is 0 Å². The van der Waals surface area contributed by atoms with E-state index in [-0.39, 0.29) is 11.9 Å². The Kier molecular flexibility index (Phi) is 2.70. The molecule has 2 aliphatic rings. The Labute approximate surface area is 84.2 Å². The van der Waals surface area contributed by atoms with Gasteiger partial charge >= 0.3 is 0 Å². The molecule has 2 N–H and O–H groups in total. The van der Waals surface area contributed by atoms with Crippen molar-refractivity contribution in [3.8, 4) is 0 Å². The number of amides is 1. The summed E-state index contributed by atoms with van der Waals surface area (Å²) in [4.78, 5) is 13.1. The Hall–Kier alpha value is -1.06. The van der Waals surface area contributed by atoms with Crippen LogP contribution >= 0.6 is 0 Å². The number of hydrogen-bond donors (Lipinski definition) is 2. The Morgan fingerprint density at radius 2 is 2.29 bits per heavy atom. The summed E-state index contributed by atoms with van der Waals surface area (Å²) in [6.45, 7) is 1.83. The fraction of sp³-hybridized carbons (Fsp3) is 0.800. The molecule has 2 saturated heterocycles. The Morgan fingerprint density at radius 1 is 1.43 bits per heavy atom. The molecule has 78 valence electrons. The van der Waals surface area contributed by atoms with E-state index in [1.807, 2.05) is 0 Å². The fourth-order valence-corrected chi connectivity index (χ4v) is 2.17. The van der Waals surface area contributed by atoms with Crippen LogP contribution in [0.5, 0.6) is 0 Å². The molecule has 0 radical (unpaired) electrons. The van der Waals surface area contributed by atoms with Crippen molar-refractivity contribution in [1.82, 2.24) is 10.2 Å². The van der Waals surface area contributed by atoms with Crippen LogP contribution < -0.4 is 5.32 Å². The first-order chi connectivity index (χ1) is 6.75. The number of amidine groups is 1. The topological polar surface area (TPSA) is 56.2 Å². The van der Waals surface area contributed by atoms with E-state index < -0.39 is 0 Å². The molecule has 2 aliphatic heterocycles. The predicted molar refractivity (Wildman–Crippen MR) is 54.3 cm³/mol. The van der Waals surface area contributed by atoms with Crippen LogP contribution in [-0.2, 0) is 4.79 Å². The van der Waals surface area contributed by atoms with Crippen LogP contribution in [0, 0.1) is 5.41 Å². The molecule has 2 heterocycles. The fourth-order valence-electron chi connectivity index (χ4n) is 2.17. The molecule has 0 bridgehead atoms. The van der Waals surface area contributed by atoms with Crippen LogP contribution in [0.25, 0.3) is 0 Å². The smallest absolute Gasteiger partial charge is 0.220 e. The predicted octanol–water partition coefficient (Wildman–Crippen LogP) is 0.728. The monoisotopic (exact) mass is 195 g/mol. The molecule has 1 unspecified atom stereocenters. The number of nitrogens with one attached hydrogen (secondary N) is 2. The highest BCUT2D eigenvalue weighted by molar-refractivity contribution is 5.80. The van der Waals surface area contributed by atoms with Crippen molar-refractivity contribution in [3.05, 3.63) is 0 Å². The first kappa shape index (κ1) is 9.49. The van der Waals surface area contributed by atoms with Gasteiger partial charge in [0.15, 0.2) is 0 Å². The summed E-state index contributed by atoms with van der Waals surface area (Å²) in [5.74, 6) is 0.913. The van der Waals surface area contributed by atoms with E-state index in [1.165, 1.54) is 6.42 Å². The molecule has 0 saturated carbocycles. The standard InChI is InChI=1S/C10H17N3O/c11-9-3-1-2-6-13(9)7-8-4-5-10(14)12-8/h8,11H,1-7H2,(H,12,14). The summed E-state index contributed by atoms with van der Waals surface area (Å²) in [5.41, 5.74) is 0. The van der Waals surface area contributed by atoms with Gasteiger partial charge in [0.05, 0.1) is 5.84 Å². The zero-order valence-electron chi connectivity index (χ0n) is 8.38. The average molecular weight is 195 g/mol. The number of carbonyl (C=O) groups excluding carboxylic acids is 1. The minimum atomic E-state index is 0.165. The number of piperidine rings is 1. The summed E-state index contributed by atoms with van der Waals surface area (Å²) < 4.78 is 0. The lowest BCUT2D eigenvalue weighted by molar-refractivity contribution is -0.119. The summed E-state index contributed by atoms with van der Waals surface area (Å²) >= 11 is 0. The first-order valence-corrected chi connectivity index (χ1v) is 5.37. The zero-order valence-corrected chi connectivity index (χ0v) is 8.38. The molecule has 0 spiro atoms. The van der Waals surface area contributed by atoms with Crippen molar-refractivity contribution in [1.29, 1.82) is 5.41 Å². The highest BCUT2D eigenvalue weighted by Gasteiger charge is 2.24. The van der Waals surface area contributed by atoms with Gasteiger partial charge in [-0.25, -0.2) is 0 Å². The van der Waals surface area contributed by atoms with Gasteiger partial charge in [0.25, 0.3) is 0 Å². The molecule has 4 nitrogen and oxygen atoms in total. The molecule has 0 aliphatic carbocycles. The third-order valence-corrected chi connectivity index (χ3v) is 3.00. The Balaban J connectivity index is 1.84. The van der Waals surface area contributed by atoms with Gasteiger partial charge in [-0.15, -0.1) is 0 Å². The maximum Gasteiger partial charge on any atom is 0.220 e. The van der Waals surface area contributed by atoms with Crippen LogP contribution in [0.2, 0.25) is 0 Å². The van der Waals surface area contributed by atoms with E-state index in [1.54, 1.807) is 0 Å². The van der Waals surface area contributed by atoms with Crippen LogP contribution in [-0.4, -0.2) is 35.8 Å². The van der Waals surface area contributed by atoms with Crippen molar-refractivity contribution in [2.24, 2.45) is 0 Å². The number of carbonyl (C=O) groups is 1. The number of likely N-dealkylation sites (tertiary alicyclic amines) is 1. The van der Waals surface area contributed by atoms with Gasteiger partial charge in [0.2, 0.25) is 5.91 Å². The normalized spacial score (nSPS) is 28.0. The average Bonchev–Trinajstić information content (AvgIpc) is 2.56. The molecule has 0 aromatic heterocycles. The Bertz CT molecular complexity index is 252. The van der Waals surface area contributed by atoms with Crippen molar-refractivity contribution in [2.45, 2.75) is 38.1 Å². The molecular weight excluding hydrogens is 178 g/mol. The minimum absolute atomic E-state index is 0.165. The van der Waals surface area contributed by atoms with Crippen molar-refractivity contribution in [3.63, 3.8) is 0 Å². The van der Waals surface area contributed by atoms with E-state index in [0.717, 1.165) is 38.2 Å². The van der Waals surface area contributed by atoms with E-state index in [9.17, 15) is 4.79 Å².